The number of aromatic nitrogens is 4. The molecule has 11 heteroatoms. The monoisotopic (exact) mass is 398 g/mol. The van der Waals surface area contributed by atoms with Gasteiger partial charge in [0, 0.05) is 5.69 Å². The molecule has 0 spiro atoms. The summed E-state index contributed by atoms with van der Waals surface area (Å²) in [6, 6.07) is 4.74. The Morgan fingerprint density at radius 3 is 2.62 bits per heavy atom. The number of aryl methyl sites for hydroxylation is 1. The maximum atomic E-state index is 12.2. The van der Waals surface area contributed by atoms with E-state index in [9.17, 15) is 13.2 Å². The fourth-order valence-electron chi connectivity index (χ4n) is 2.09. The quantitative estimate of drug-likeness (QED) is 0.706. The van der Waals surface area contributed by atoms with Gasteiger partial charge in [-0.05, 0) is 62.9 Å². The highest BCUT2D eigenvalue weighted by Gasteiger charge is 2.21. The van der Waals surface area contributed by atoms with Crippen LogP contribution in [0.5, 0.6) is 0 Å². The van der Waals surface area contributed by atoms with E-state index in [1.54, 1.807) is 23.7 Å². The van der Waals surface area contributed by atoms with Crippen LogP contribution in [-0.2, 0) is 20.4 Å². The van der Waals surface area contributed by atoms with Gasteiger partial charge in [-0.2, -0.15) is 0 Å². The van der Waals surface area contributed by atoms with Gasteiger partial charge in [-0.15, -0.1) is 5.10 Å². The van der Waals surface area contributed by atoms with Gasteiger partial charge in [-0.1, -0.05) is 17.8 Å². The Bertz CT molecular complexity index is 902. The highest BCUT2D eigenvalue weighted by Crippen LogP contribution is 2.23. The van der Waals surface area contributed by atoms with Gasteiger partial charge in [0.1, 0.15) is 0 Å². The van der Waals surface area contributed by atoms with Crippen molar-refractivity contribution in [1.29, 1.82) is 0 Å². The van der Waals surface area contributed by atoms with Crippen LogP contribution in [0.2, 0.25) is 0 Å². The summed E-state index contributed by atoms with van der Waals surface area (Å²) >= 11 is 1.21. The smallest absolute Gasteiger partial charge is 0.240 e. The molecule has 0 fully saturated rings. The number of thioether (sulfide) groups is 1. The molecule has 0 aliphatic rings. The van der Waals surface area contributed by atoms with Crippen molar-refractivity contribution in [2.24, 2.45) is 0 Å². The Hall–Kier alpha value is -1.98. The number of hydrogen-bond acceptors (Lipinski definition) is 7. The fraction of sp³-hybridized carbons (Fsp3) is 0.467. The Morgan fingerprint density at radius 1 is 1.31 bits per heavy atom. The van der Waals surface area contributed by atoms with Gasteiger partial charge in [0.05, 0.1) is 16.2 Å². The molecule has 0 aliphatic carbocycles. The summed E-state index contributed by atoms with van der Waals surface area (Å²) in [5.41, 5.74) is 0.705. The lowest BCUT2D eigenvalue weighted by Gasteiger charge is -2.19. The van der Waals surface area contributed by atoms with Crippen LogP contribution in [0.1, 0.15) is 26.3 Å². The Kier molecular flexibility index (Phi) is 6.04. The number of rotatable bonds is 6. The summed E-state index contributed by atoms with van der Waals surface area (Å²) in [7, 11) is -2.25. The number of amides is 1. The minimum Gasteiger partial charge on any atom is -0.325 e. The number of nitrogens with zero attached hydrogens (tertiary/aromatic N) is 4. The van der Waals surface area contributed by atoms with Crippen molar-refractivity contribution in [3.8, 4) is 0 Å². The van der Waals surface area contributed by atoms with Gasteiger partial charge in [0.2, 0.25) is 21.1 Å². The van der Waals surface area contributed by atoms with Gasteiger partial charge in [-0.3, -0.25) is 4.79 Å². The summed E-state index contributed by atoms with van der Waals surface area (Å²) in [4.78, 5) is 12.3. The number of sulfonamides is 1. The average Bonchev–Trinajstić information content (AvgIpc) is 3.03. The van der Waals surface area contributed by atoms with Crippen LogP contribution in [-0.4, -0.2) is 47.3 Å². The molecule has 2 aromatic rings. The van der Waals surface area contributed by atoms with Crippen LogP contribution in [0.25, 0.3) is 0 Å². The molecule has 26 heavy (non-hydrogen) atoms. The Balaban J connectivity index is 2.08. The third-order valence-electron chi connectivity index (χ3n) is 3.44. The van der Waals surface area contributed by atoms with Crippen LogP contribution < -0.4 is 10.0 Å². The maximum absolute atomic E-state index is 12.2. The van der Waals surface area contributed by atoms with Crippen LogP contribution in [0.4, 0.5) is 5.69 Å². The largest absolute Gasteiger partial charge is 0.325 e. The maximum Gasteiger partial charge on any atom is 0.240 e. The molecule has 1 amide bonds. The second kappa shape index (κ2) is 7.72. The zero-order chi connectivity index (χ0) is 19.5. The van der Waals surface area contributed by atoms with Gasteiger partial charge >= 0.3 is 0 Å². The summed E-state index contributed by atoms with van der Waals surface area (Å²) in [5.74, 6) is -0.187. The predicted molar refractivity (Wildman–Crippen MR) is 99.6 cm³/mol. The lowest BCUT2D eigenvalue weighted by molar-refractivity contribution is -0.113. The standard InChI is InChI=1S/C15H22N6O3S2/c1-10-6-7-11(8-12(10)26(23,24)16-5)17-13(22)9-25-14-18-19-20-21(14)15(2,3)4/h6-8,16H,9H2,1-5H3,(H,17,22). The minimum atomic E-state index is -3.59. The van der Waals surface area contributed by atoms with E-state index in [2.05, 4.69) is 25.6 Å². The highest BCUT2D eigenvalue weighted by atomic mass is 32.2. The van der Waals surface area contributed by atoms with Crippen molar-refractivity contribution in [3.05, 3.63) is 23.8 Å². The number of carbonyl (C=O) groups is 1. The minimum absolute atomic E-state index is 0.0957. The van der Waals surface area contributed by atoms with E-state index in [0.717, 1.165) is 0 Å². The first kappa shape index (κ1) is 20.3. The highest BCUT2D eigenvalue weighted by molar-refractivity contribution is 7.99. The van der Waals surface area contributed by atoms with Crippen LogP contribution >= 0.6 is 11.8 Å². The van der Waals surface area contributed by atoms with Crippen molar-refractivity contribution in [1.82, 2.24) is 24.9 Å². The Morgan fingerprint density at radius 2 is 2.00 bits per heavy atom. The molecule has 0 atom stereocenters. The van der Waals surface area contributed by atoms with Gasteiger partial charge < -0.3 is 5.32 Å². The molecule has 1 heterocycles. The molecule has 2 N–H and O–H groups in total. The second-order valence-electron chi connectivity index (χ2n) is 6.57. The van der Waals surface area contributed by atoms with Gasteiger partial charge in [0.15, 0.2) is 0 Å². The van der Waals surface area contributed by atoms with Crippen molar-refractivity contribution in [2.45, 2.75) is 43.3 Å². The lowest BCUT2D eigenvalue weighted by atomic mass is 10.1. The van der Waals surface area contributed by atoms with E-state index in [1.807, 2.05) is 20.8 Å². The molecule has 0 radical (unpaired) electrons. The molecular weight excluding hydrogens is 376 g/mol. The van der Waals surface area contributed by atoms with Gasteiger partial charge in [0.25, 0.3) is 0 Å². The number of hydrogen-bond donors (Lipinski definition) is 2. The zero-order valence-electron chi connectivity index (χ0n) is 15.3. The van der Waals surface area contributed by atoms with E-state index < -0.39 is 10.0 Å². The molecule has 1 aromatic heterocycles. The first-order valence-electron chi connectivity index (χ1n) is 7.80. The number of tetrazole rings is 1. The van der Waals surface area contributed by atoms with Crippen LogP contribution in [0.15, 0.2) is 28.3 Å². The third kappa shape index (κ3) is 4.80. The molecule has 142 valence electrons. The summed E-state index contributed by atoms with van der Waals surface area (Å²) in [6.45, 7) is 7.58. The molecule has 2 rings (SSSR count). The van der Waals surface area contributed by atoms with E-state index >= 15 is 0 Å². The summed E-state index contributed by atoms with van der Waals surface area (Å²) < 4.78 is 28.0. The SMILES string of the molecule is CNS(=O)(=O)c1cc(NC(=O)CSc2nnnn2C(C)(C)C)ccc1C. The number of anilines is 1. The normalized spacial score (nSPS) is 12.2. The first-order valence-corrected chi connectivity index (χ1v) is 10.3. The first-order chi connectivity index (χ1) is 12.0. The predicted octanol–water partition coefficient (Wildman–Crippen LogP) is 1.38. The molecule has 9 nitrogen and oxygen atoms in total. The van der Waals surface area contributed by atoms with E-state index in [4.69, 9.17) is 0 Å². The molecular formula is C15H22N6O3S2. The molecule has 1 aromatic carbocycles. The van der Waals surface area contributed by atoms with E-state index in [-0.39, 0.29) is 22.1 Å². The van der Waals surface area contributed by atoms with Crippen molar-refractivity contribution < 1.29 is 13.2 Å². The zero-order valence-corrected chi connectivity index (χ0v) is 16.9. The average molecular weight is 399 g/mol. The fourth-order valence-corrected chi connectivity index (χ4v) is 3.95. The summed E-state index contributed by atoms with van der Waals surface area (Å²) in [6.07, 6.45) is 0. The molecule has 0 saturated heterocycles. The molecule has 0 bridgehead atoms. The number of benzene rings is 1. The lowest BCUT2D eigenvalue weighted by Crippen LogP contribution is -2.24. The number of carbonyl (C=O) groups excluding carboxylic acids is 1. The third-order valence-corrected chi connectivity index (χ3v) is 5.91. The molecule has 0 aliphatic heterocycles. The van der Waals surface area contributed by atoms with Crippen molar-refractivity contribution in [2.75, 3.05) is 18.1 Å². The summed E-state index contributed by atoms with van der Waals surface area (Å²) in [5, 5.41) is 14.7. The van der Waals surface area contributed by atoms with E-state index in [0.29, 0.717) is 16.4 Å². The second-order valence-corrected chi connectivity index (χ2v) is 9.37. The van der Waals surface area contributed by atoms with Gasteiger partial charge in [-0.25, -0.2) is 17.8 Å². The van der Waals surface area contributed by atoms with Crippen molar-refractivity contribution in [3.63, 3.8) is 0 Å². The Labute approximate surface area is 157 Å². The number of nitrogens with one attached hydrogen (secondary N) is 2. The van der Waals surface area contributed by atoms with Crippen molar-refractivity contribution >= 4 is 33.4 Å². The topological polar surface area (TPSA) is 119 Å². The van der Waals surface area contributed by atoms with Crippen LogP contribution in [0.3, 0.4) is 0 Å². The molecule has 0 unspecified atom stereocenters. The van der Waals surface area contributed by atoms with Crippen LogP contribution in [0, 0.1) is 6.92 Å². The van der Waals surface area contributed by atoms with E-state index in [1.165, 1.54) is 24.9 Å². The molecule has 0 saturated carbocycles.